The highest BCUT2D eigenvalue weighted by molar-refractivity contribution is 5.72. The summed E-state index contributed by atoms with van der Waals surface area (Å²) < 4.78 is 10.8. The molecule has 0 amide bonds. The van der Waals surface area contributed by atoms with Gasteiger partial charge >= 0.3 is 5.63 Å². The third-order valence-corrected chi connectivity index (χ3v) is 3.26. The smallest absolute Gasteiger partial charge is 0.347 e. The molecule has 3 heteroatoms. The molecule has 0 unspecified atom stereocenters. The van der Waals surface area contributed by atoms with E-state index in [4.69, 9.17) is 9.15 Å². The second-order valence-corrected chi connectivity index (χ2v) is 4.57. The van der Waals surface area contributed by atoms with Crippen LogP contribution in [0.15, 0.2) is 75.9 Å². The van der Waals surface area contributed by atoms with Gasteiger partial charge in [0.05, 0.1) is 7.11 Å². The minimum absolute atomic E-state index is 0.403. The highest BCUT2D eigenvalue weighted by atomic mass is 16.5. The zero-order valence-corrected chi connectivity index (χ0v) is 11.6. The van der Waals surface area contributed by atoms with E-state index in [9.17, 15) is 4.79 Å². The molecule has 21 heavy (non-hydrogen) atoms. The maximum absolute atomic E-state index is 12.3. The highest BCUT2D eigenvalue weighted by Gasteiger charge is 2.15. The maximum atomic E-state index is 12.3. The molecule has 0 saturated heterocycles. The summed E-state index contributed by atoms with van der Waals surface area (Å²) in [5.74, 6) is 1.01. The van der Waals surface area contributed by atoms with Crippen molar-refractivity contribution in [2.24, 2.45) is 0 Å². The Kier molecular flexibility index (Phi) is 3.56. The van der Waals surface area contributed by atoms with Gasteiger partial charge in [0.2, 0.25) is 0 Å². The first-order valence-corrected chi connectivity index (χ1v) is 6.62. The van der Waals surface area contributed by atoms with Crippen LogP contribution in [-0.2, 0) is 0 Å². The summed E-state index contributed by atoms with van der Waals surface area (Å²) >= 11 is 0. The maximum Gasteiger partial charge on any atom is 0.347 e. The van der Waals surface area contributed by atoms with Crippen molar-refractivity contribution >= 4 is 0 Å². The molecule has 3 aromatic rings. The lowest BCUT2D eigenvalue weighted by Gasteiger charge is -2.09. The minimum atomic E-state index is -0.403. The van der Waals surface area contributed by atoms with Gasteiger partial charge in [0.1, 0.15) is 17.1 Å². The van der Waals surface area contributed by atoms with Crippen LogP contribution >= 0.6 is 0 Å². The van der Waals surface area contributed by atoms with Crippen LogP contribution in [0.25, 0.3) is 22.5 Å². The van der Waals surface area contributed by atoms with Gasteiger partial charge < -0.3 is 9.15 Å². The van der Waals surface area contributed by atoms with Gasteiger partial charge in [-0.25, -0.2) is 4.79 Å². The van der Waals surface area contributed by atoms with Gasteiger partial charge in [0.25, 0.3) is 0 Å². The van der Waals surface area contributed by atoms with Crippen molar-refractivity contribution in [2.45, 2.75) is 0 Å². The Morgan fingerprint density at radius 2 is 1.43 bits per heavy atom. The molecular formula is C18H14O3. The largest absolute Gasteiger partial charge is 0.496 e. The molecule has 3 rings (SSSR count). The average Bonchev–Trinajstić information content (AvgIpc) is 2.55. The van der Waals surface area contributed by atoms with Gasteiger partial charge in [-0.3, -0.25) is 0 Å². The van der Waals surface area contributed by atoms with Gasteiger partial charge in [0.15, 0.2) is 0 Å². The van der Waals surface area contributed by atoms with Crippen molar-refractivity contribution in [3.63, 3.8) is 0 Å². The Hall–Kier alpha value is -2.81. The third kappa shape index (κ3) is 2.58. The Labute approximate surface area is 122 Å². The summed E-state index contributed by atoms with van der Waals surface area (Å²) in [5.41, 5.74) is 1.66. The van der Waals surface area contributed by atoms with Crippen LogP contribution in [0.2, 0.25) is 0 Å². The van der Waals surface area contributed by atoms with E-state index >= 15 is 0 Å². The van der Waals surface area contributed by atoms with Crippen molar-refractivity contribution in [3.8, 4) is 28.2 Å². The summed E-state index contributed by atoms with van der Waals surface area (Å²) in [6, 6.07) is 20.6. The predicted octanol–water partition coefficient (Wildman–Crippen LogP) is 3.98. The van der Waals surface area contributed by atoms with E-state index in [1.165, 1.54) is 0 Å². The molecule has 0 bridgehead atoms. The van der Waals surface area contributed by atoms with E-state index in [2.05, 4.69) is 0 Å². The van der Waals surface area contributed by atoms with E-state index in [1.807, 2.05) is 60.7 Å². The summed E-state index contributed by atoms with van der Waals surface area (Å²) in [4.78, 5) is 12.3. The molecule has 0 radical (unpaired) electrons. The molecule has 0 fully saturated rings. The van der Waals surface area contributed by atoms with E-state index in [1.54, 1.807) is 13.2 Å². The fourth-order valence-corrected chi connectivity index (χ4v) is 2.24. The van der Waals surface area contributed by atoms with Gasteiger partial charge in [-0.1, -0.05) is 60.7 Å². The molecule has 0 aliphatic carbocycles. The summed E-state index contributed by atoms with van der Waals surface area (Å²) in [7, 11) is 1.55. The molecule has 0 spiro atoms. The summed E-state index contributed by atoms with van der Waals surface area (Å²) in [5, 5.41) is 0. The second-order valence-electron chi connectivity index (χ2n) is 4.57. The lowest BCUT2D eigenvalue weighted by Crippen LogP contribution is -2.06. The Morgan fingerprint density at radius 1 is 0.857 bits per heavy atom. The number of ether oxygens (including phenoxy) is 1. The van der Waals surface area contributed by atoms with Gasteiger partial charge in [-0.15, -0.1) is 0 Å². The predicted molar refractivity (Wildman–Crippen MR) is 82.4 cm³/mol. The van der Waals surface area contributed by atoms with Gasteiger partial charge in [-0.2, -0.15) is 0 Å². The summed E-state index contributed by atoms with van der Waals surface area (Å²) in [6.07, 6.45) is 0. The zero-order valence-electron chi connectivity index (χ0n) is 11.6. The van der Waals surface area contributed by atoms with Crippen LogP contribution in [0.5, 0.6) is 5.75 Å². The Morgan fingerprint density at radius 3 is 2.00 bits per heavy atom. The molecule has 3 nitrogen and oxygen atoms in total. The normalized spacial score (nSPS) is 10.3. The SMILES string of the molecule is COc1cc(-c2ccccc2)oc(=O)c1-c1ccccc1. The second kappa shape index (κ2) is 5.67. The van der Waals surface area contributed by atoms with Crippen molar-refractivity contribution in [2.75, 3.05) is 7.11 Å². The Bertz CT molecular complexity index is 790. The molecular weight excluding hydrogens is 264 g/mol. The molecule has 104 valence electrons. The fourth-order valence-electron chi connectivity index (χ4n) is 2.24. The van der Waals surface area contributed by atoms with Crippen LogP contribution in [0.4, 0.5) is 0 Å². The number of rotatable bonds is 3. The van der Waals surface area contributed by atoms with Crippen LogP contribution < -0.4 is 10.4 Å². The standard InChI is InChI=1S/C18H14O3/c1-20-16-12-15(13-8-4-2-5-9-13)21-18(19)17(16)14-10-6-3-7-11-14/h2-12H,1H3. The van der Waals surface area contributed by atoms with Crippen molar-refractivity contribution in [3.05, 3.63) is 77.2 Å². The van der Waals surface area contributed by atoms with Crippen LogP contribution in [0, 0.1) is 0 Å². The highest BCUT2D eigenvalue weighted by Crippen LogP contribution is 2.30. The molecule has 0 N–H and O–H groups in total. The van der Waals surface area contributed by atoms with E-state index in [0.29, 0.717) is 17.1 Å². The van der Waals surface area contributed by atoms with Crippen molar-refractivity contribution in [1.82, 2.24) is 0 Å². The number of hydrogen-bond donors (Lipinski definition) is 0. The number of methoxy groups -OCH3 is 1. The molecule has 0 aliphatic heterocycles. The lowest BCUT2D eigenvalue weighted by molar-refractivity contribution is 0.407. The average molecular weight is 278 g/mol. The zero-order chi connectivity index (χ0) is 14.7. The minimum Gasteiger partial charge on any atom is -0.496 e. The molecule has 0 aliphatic rings. The van der Waals surface area contributed by atoms with Gasteiger partial charge in [0, 0.05) is 11.6 Å². The molecule has 0 saturated carbocycles. The molecule has 1 heterocycles. The number of benzene rings is 2. The quantitative estimate of drug-likeness (QED) is 0.727. The van der Waals surface area contributed by atoms with E-state index in [-0.39, 0.29) is 0 Å². The summed E-state index contributed by atoms with van der Waals surface area (Å²) in [6.45, 7) is 0. The topological polar surface area (TPSA) is 39.4 Å². The van der Waals surface area contributed by atoms with Crippen LogP contribution in [0.3, 0.4) is 0 Å². The first-order chi connectivity index (χ1) is 10.3. The van der Waals surface area contributed by atoms with Gasteiger partial charge in [-0.05, 0) is 5.56 Å². The first kappa shape index (κ1) is 13.2. The lowest BCUT2D eigenvalue weighted by atomic mass is 10.1. The third-order valence-electron chi connectivity index (χ3n) is 3.26. The van der Waals surface area contributed by atoms with Crippen LogP contribution in [0.1, 0.15) is 0 Å². The van der Waals surface area contributed by atoms with E-state index < -0.39 is 5.63 Å². The monoisotopic (exact) mass is 278 g/mol. The van der Waals surface area contributed by atoms with E-state index in [0.717, 1.165) is 11.1 Å². The molecule has 2 aromatic carbocycles. The molecule has 1 aromatic heterocycles. The number of hydrogen-bond acceptors (Lipinski definition) is 3. The van der Waals surface area contributed by atoms with Crippen molar-refractivity contribution < 1.29 is 9.15 Å². The fraction of sp³-hybridized carbons (Fsp3) is 0.0556. The Balaban J connectivity index is 2.19. The molecule has 0 atom stereocenters. The first-order valence-electron chi connectivity index (χ1n) is 6.62. The van der Waals surface area contributed by atoms with Crippen LogP contribution in [-0.4, -0.2) is 7.11 Å². The van der Waals surface area contributed by atoms with Crippen molar-refractivity contribution in [1.29, 1.82) is 0 Å².